The van der Waals surface area contributed by atoms with Gasteiger partial charge >= 0.3 is 11.9 Å². The molecule has 1 unspecified atom stereocenters. The maximum absolute atomic E-state index is 11.3. The summed E-state index contributed by atoms with van der Waals surface area (Å²) in [6.07, 6.45) is 4.15. The summed E-state index contributed by atoms with van der Waals surface area (Å²) in [5, 5.41) is 18.1. The molecule has 6 nitrogen and oxygen atoms in total. The Balaban J connectivity index is 2.20. The number of aliphatic carboxylic acids is 2. The highest BCUT2D eigenvalue weighted by atomic mass is 32.2. The third-order valence-corrected chi connectivity index (χ3v) is 6.79. The molecule has 0 aliphatic heterocycles. The Morgan fingerprint density at radius 3 is 2.43 bits per heavy atom. The van der Waals surface area contributed by atoms with Crippen molar-refractivity contribution in [3.8, 4) is 0 Å². The van der Waals surface area contributed by atoms with Crippen LogP contribution in [0.3, 0.4) is 0 Å². The van der Waals surface area contributed by atoms with E-state index in [0.717, 1.165) is 59.0 Å². The third kappa shape index (κ3) is 6.38. The van der Waals surface area contributed by atoms with Crippen molar-refractivity contribution in [1.29, 1.82) is 0 Å². The van der Waals surface area contributed by atoms with Gasteiger partial charge in [-0.05, 0) is 25.0 Å². The molecule has 8 heteroatoms. The molecule has 0 radical (unpaired) electrons. The second-order valence-corrected chi connectivity index (χ2v) is 9.04. The summed E-state index contributed by atoms with van der Waals surface area (Å²) in [6, 6.07) is 6.18. The van der Waals surface area contributed by atoms with Crippen LogP contribution in [0.25, 0.3) is 10.2 Å². The average Bonchev–Trinajstić information content (AvgIpc) is 3.08. The lowest BCUT2D eigenvalue weighted by Crippen LogP contribution is -2.25. The molecule has 154 valence electrons. The van der Waals surface area contributed by atoms with Crippen LogP contribution < -0.4 is 4.90 Å². The van der Waals surface area contributed by atoms with Crippen molar-refractivity contribution in [3.05, 3.63) is 18.2 Å². The van der Waals surface area contributed by atoms with Crippen molar-refractivity contribution in [1.82, 2.24) is 4.98 Å². The molecule has 2 rings (SSSR count). The van der Waals surface area contributed by atoms with Gasteiger partial charge < -0.3 is 15.1 Å². The highest BCUT2D eigenvalue weighted by Gasteiger charge is 2.22. The van der Waals surface area contributed by atoms with Crippen molar-refractivity contribution >= 4 is 50.9 Å². The van der Waals surface area contributed by atoms with Gasteiger partial charge in [0.15, 0.2) is 4.34 Å². The number of benzene rings is 1. The van der Waals surface area contributed by atoms with Gasteiger partial charge in [0.2, 0.25) is 0 Å². The molecule has 0 amide bonds. The molecule has 0 aliphatic rings. The van der Waals surface area contributed by atoms with E-state index >= 15 is 0 Å². The van der Waals surface area contributed by atoms with E-state index in [1.165, 1.54) is 23.1 Å². The van der Waals surface area contributed by atoms with Gasteiger partial charge in [-0.25, -0.2) is 4.98 Å². The first-order valence-electron chi connectivity index (χ1n) is 9.68. The van der Waals surface area contributed by atoms with E-state index in [1.54, 1.807) is 0 Å². The molecule has 1 atom stereocenters. The minimum absolute atomic E-state index is 0.201. The summed E-state index contributed by atoms with van der Waals surface area (Å²) in [5.41, 5.74) is 2.08. The molecule has 2 N–H and O–H groups in total. The van der Waals surface area contributed by atoms with Crippen LogP contribution in [0, 0.1) is 5.92 Å². The van der Waals surface area contributed by atoms with Crippen LogP contribution in [0.2, 0.25) is 0 Å². The summed E-state index contributed by atoms with van der Waals surface area (Å²) in [4.78, 5) is 29.3. The van der Waals surface area contributed by atoms with Crippen LogP contribution in [0.15, 0.2) is 22.5 Å². The number of nitrogens with zero attached hydrogens (tertiary/aromatic N) is 2. The number of para-hydroxylation sites is 1. The van der Waals surface area contributed by atoms with Gasteiger partial charge in [0.25, 0.3) is 0 Å². The Bertz CT molecular complexity index is 786. The van der Waals surface area contributed by atoms with E-state index in [-0.39, 0.29) is 12.2 Å². The lowest BCUT2D eigenvalue weighted by atomic mass is 10.1. The molecule has 0 bridgehead atoms. The zero-order chi connectivity index (χ0) is 20.5. The molecule has 1 aromatic carbocycles. The van der Waals surface area contributed by atoms with Crippen LogP contribution >= 0.6 is 23.1 Å². The van der Waals surface area contributed by atoms with Crippen molar-refractivity contribution in [3.63, 3.8) is 0 Å². The molecule has 28 heavy (non-hydrogen) atoms. The number of hydrogen-bond donors (Lipinski definition) is 2. The second-order valence-electron chi connectivity index (χ2n) is 6.74. The van der Waals surface area contributed by atoms with Gasteiger partial charge in [0, 0.05) is 18.8 Å². The fourth-order valence-electron chi connectivity index (χ4n) is 2.88. The molecular weight excluding hydrogens is 396 g/mol. The Kier molecular flexibility index (Phi) is 9.05. The van der Waals surface area contributed by atoms with E-state index in [0.29, 0.717) is 0 Å². The highest BCUT2D eigenvalue weighted by Crippen LogP contribution is 2.36. The van der Waals surface area contributed by atoms with Crippen molar-refractivity contribution in [2.45, 2.75) is 50.3 Å². The number of carbonyl (C=O) groups is 2. The largest absolute Gasteiger partial charge is 0.481 e. The SMILES string of the molecule is CCCCN(CCCC)c1cccc2sc(SCC(CC(=O)O)C(=O)O)nc12. The van der Waals surface area contributed by atoms with Crippen LogP contribution in [0.1, 0.15) is 46.0 Å². The number of carboxylic acids is 2. The number of unbranched alkanes of at least 4 members (excludes halogenated alkanes) is 2. The van der Waals surface area contributed by atoms with Crippen LogP contribution in [-0.2, 0) is 9.59 Å². The number of carboxylic acid groups (broad SMARTS) is 2. The van der Waals surface area contributed by atoms with Crippen LogP contribution in [0.5, 0.6) is 0 Å². The van der Waals surface area contributed by atoms with E-state index in [2.05, 4.69) is 24.8 Å². The molecular formula is C20H28N2O4S2. The quantitative estimate of drug-likeness (QED) is 0.439. The highest BCUT2D eigenvalue weighted by molar-refractivity contribution is 8.01. The first-order valence-corrected chi connectivity index (χ1v) is 11.5. The first kappa shape index (κ1) is 22.5. The van der Waals surface area contributed by atoms with Gasteiger partial charge in [0.1, 0.15) is 5.52 Å². The van der Waals surface area contributed by atoms with Crippen molar-refractivity contribution in [2.24, 2.45) is 5.92 Å². The molecule has 0 fully saturated rings. The molecule has 1 aromatic heterocycles. The van der Waals surface area contributed by atoms with Gasteiger partial charge in [-0.1, -0.05) is 44.5 Å². The fraction of sp³-hybridized carbons (Fsp3) is 0.550. The minimum atomic E-state index is -1.10. The summed E-state index contributed by atoms with van der Waals surface area (Å²) >= 11 is 2.86. The van der Waals surface area contributed by atoms with E-state index in [1.807, 2.05) is 12.1 Å². The van der Waals surface area contributed by atoms with Crippen molar-refractivity contribution < 1.29 is 19.8 Å². The number of rotatable bonds is 13. The van der Waals surface area contributed by atoms with E-state index in [4.69, 9.17) is 10.1 Å². The number of thiazole rings is 1. The molecule has 1 heterocycles. The summed E-state index contributed by atoms with van der Waals surface area (Å²) in [7, 11) is 0. The number of aromatic nitrogens is 1. The van der Waals surface area contributed by atoms with Gasteiger partial charge in [-0.2, -0.15) is 0 Å². The zero-order valence-corrected chi connectivity index (χ0v) is 18.0. The lowest BCUT2D eigenvalue weighted by molar-refractivity contribution is -0.147. The topological polar surface area (TPSA) is 90.7 Å². The monoisotopic (exact) mass is 424 g/mol. The predicted molar refractivity (Wildman–Crippen MR) is 116 cm³/mol. The Hall–Kier alpha value is -1.80. The molecule has 0 saturated heterocycles. The number of hydrogen-bond acceptors (Lipinski definition) is 6. The van der Waals surface area contributed by atoms with Gasteiger partial charge in [0.05, 0.1) is 22.7 Å². The first-order chi connectivity index (χ1) is 13.5. The normalized spacial score (nSPS) is 12.2. The van der Waals surface area contributed by atoms with Crippen LogP contribution in [-0.4, -0.2) is 46.0 Å². The Labute approximate surface area is 174 Å². The second kappa shape index (κ2) is 11.3. The number of thioether (sulfide) groups is 1. The molecule has 0 aliphatic carbocycles. The van der Waals surface area contributed by atoms with E-state index < -0.39 is 17.9 Å². The lowest BCUT2D eigenvalue weighted by Gasteiger charge is -2.25. The molecule has 2 aromatic rings. The fourth-order valence-corrected chi connectivity index (χ4v) is 5.07. The zero-order valence-electron chi connectivity index (χ0n) is 16.4. The number of fused-ring (bicyclic) bond motifs is 1. The predicted octanol–water partition coefficient (Wildman–Crippen LogP) is 4.97. The standard InChI is InChI=1S/C20H28N2O4S2/c1-3-5-10-22(11-6-4-2)15-8-7-9-16-18(15)21-20(28-16)27-13-14(19(25)26)12-17(23)24/h7-9,14H,3-6,10-13H2,1-2H3,(H,23,24)(H,25,26). The molecule has 0 spiro atoms. The smallest absolute Gasteiger partial charge is 0.307 e. The van der Waals surface area contributed by atoms with Crippen LogP contribution in [0.4, 0.5) is 5.69 Å². The summed E-state index contributed by atoms with van der Waals surface area (Å²) in [5.74, 6) is -2.89. The van der Waals surface area contributed by atoms with E-state index in [9.17, 15) is 14.7 Å². The maximum Gasteiger partial charge on any atom is 0.307 e. The van der Waals surface area contributed by atoms with Crippen molar-refractivity contribution in [2.75, 3.05) is 23.7 Å². The Morgan fingerprint density at radius 1 is 1.18 bits per heavy atom. The summed E-state index contributed by atoms with van der Waals surface area (Å²) in [6.45, 7) is 6.36. The molecule has 0 saturated carbocycles. The average molecular weight is 425 g/mol. The van der Waals surface area contributed by atoms with Gasteiger partial charge in [-0.3, -0.25) is 9.59 Å². The maximum atomic E-state index is 11.3. The van der Waals surface area contributed by atoms with Gasteiger partial charge in [-0.15, -0.1) is 11.3 Å². The number of anilines is 1. The Morgan fingerprint density at radius 2 is 1.86 bits per heavy atom. The third-order valence-electron chi connectivity index (χ3n) is 4.46. The minimum Gasteiger partial charge on any atom is -0.481 e. The summed E-state index contributed by atoms with van der Waals surface area (Å²) < 4.78 is 1.85.